The summed E-state index contributed by atoms with van der Waals surface area (Å²) in [6, 6.07) is 0. The van der Waals surface area contributed by atoms with Crippen molar-refractivity contribution in [2.24, 2.45) is 0 Å². The van der Waals surface area contributed by atoms with Crippen LogP contribution in [0.3, 0.4) is 0 Å². The number of halogens is 4. The maximum absolute atomic E-state index is 13.2. The van der Waals surface area contributed by atoms with Crippen LogP contribution in [0.4, 0.5) is 17.6 Å². The summed E-state index contributed by atoms with van der Waals surface area (Å²) in [5, 5.41) is 0. The number of benzene rings is 1. The fourth-order valence-corrected chi connectivity index (χ4v) is 1.96. The molecule has 0 N–H and O–H groups in total. The third kappa shape index (κ3) is 1.06. The third-order valence-corrected chi connectivity index (χ3v) is 2.72. The molecule has 76 valence electrons. The lowest BCUT2D eigenvalue weighted by atomic mass is 10.0. The van der Waals surface area contributed by atoms with Gasteiger partial charge in [0.25, 0.3) is 0 Å². The molecule has 14 heavy (non-hydrogen) atoms. The summed E-state index contributed by atoms with van der Waals surface area (Å²) in [6.45, 7) is 1.67. The van der Waals surface area contributed by atoms with Crippen LogP contribution in [0, 0.1) is 23.3 Å². The minimum Gasteiger partial charge on any atom is -0.203 e. The van der Waals surface area contributed by atoms with E-state index in [0.29, 0.717) is 6.42 Å². The van der Waals surface area contributed by atoms with Gasteiger partial charge >= 0.3 is 0 Å². The van der Waals surface area contributed by atoms with Crippen molar-refractivity contribution < 1.29 is 17.6 Å². The van der Waals surface area contributed by atoms with E-state index < -0.39 is 23.3 Å². The van der Waals surface area contributed by atoms with Gasteiger partial charge in [-0.3, -0.25) is 0 Å². The van der Waals surface area contributed by atoms with Gasteiger partial charge in [-0.25, -0.2) is 17.6 Å². The Morgan fingerprint density at radius 2 is 1.50 bits per heavy atom. The van der Waals surface area contributed by atoms with Crippen molar-refractivity contribution in [2.75, 3.05) is 0 Å². The first-order valence-electron chi connectivity index (χ1n) is 4.38. The number of hydrogen-bond donors (Lipinski definition) is 0. The molecule has 0 heterocycles. The molecule has 0 aromatic heterocycles. The fraction of sp³-hybridized carbons (Fsp3) is 0.400. The van der Waals surface area contributed by atoms with E-state index in [1.54, 1.807) is 6.92 Å². The van der Waals surface area contributed by atoms with Gasteiger partial charge in [0, 0.05) is 5.56 Å². The molecular formula is C10H8F4. The van der Waals surface area contributed by atoms with Gasteiger partial charge in [0.15, 0.2) is 23.3 Å². The summed E-state index contributed by atoms with van der Waals surface area (Å²) < 4.78 is 52.0. The Hall–Kier alpha value is -1.06. The van der Waals surface area contributed by atoms with Crippen LogP contribution in [0.25, 0.3) is 0 Å². The molecule has 0 fully saturated rings. The lowest BCUT2D eigenvalue weighted by Gasteiger charge is -2.08. The van der Waals surface area contributed by atoms with Crippen LogP contribution in [0.15, 0.2) is 0 Å². The topological polar surface area (TPSA) is 0 Å². The number of rotatable bonds is 0. The van der Waals surface area contributed by atoms with E-state index >= 15 is 0 Å². The Kier molecular flexibility index (Phi) is 2.01. The predicted molar refractivity (Wildman–Crippen MR) is 43.0 cm³/mol. The molecule has 0 spiro atoms. The molecule has 0 nitrogen and oxygen atoms in total. The molecule has 1 unspecified atom stereocenters. The van der Waals surface area contributed by atoms with Crippen molar-refractivity contribution in [3.63, 3.8) is 0 Å². The zero-order valence-corrected chi connectivity index (χ0v) is 7.50. The van der Waals surface area contributed by atoms with Crippen molar-refractivity contribution in [2.45, 2.75) is 25.7 Å². The molecule has 0 saturated carbocycles. The van der Waals surface area contributed by atoms with E-state index in [-0.39, 0.29) is 23.5 Å². The Morgan fingerprint density at radius 1 is 0.929 bits per heavy atom. The first-order chi connectivity index (χ1) is 6.54. The zero-order chi connectivity index (χ0) is 10.5. The molecule has 0 aliphatic heterocycles. The lowest BCUT2D eigenvalue weighted by molar-refractivity contribution is 0.401. The molecular weight excluding hydrogens is 196 g/mol. The van der Waals surface area contributed by atoms with Crippen LogP contribution in [0.1, 0.15) is 30.4 Å². The van der Waals surface area contributed by atoms with Crippen LogP contribution < -0.4 is 0 Å². The molecule has 0 amide bonds. The predicted octanol–water partition coefficient (Wildman–Crippen LogP) is 3.29. The highest BCUT2D eigenvalue weighted by Crippen LogP contribution is 2.38. The average Bonchev–Trinajstić information content (AvgIpc) is 2.54. The standard InChI is InChI=1S/C10H8F4/c1-4-2-3-5-6(4)8(12)10(14)9(13)7(5)11/h4H,2-3H2,1H3. The molecule has 1 atom stereocenters. The third-order valence-electron chi connectivity index (χ3n) is 2.72. The summed E-state index contributed by atoms with van der Waals surface area (Å²) in [6.07, 6.45) is 0.808. The number of fused-ring (bicyclic) bond motifs is 1. The van der Waals surface area contributed by atoms with Crippen molar-refractivity contribution in [1.82, 2.24) is 0 Å². The molecule has 2 rings (SSSR count). The Bertz CT molecular complexity index is 398. The van der Waals surface area contributed by atoms with Gasteiger partial charge in [0.05, 0.1) is 0 Å². The summed E-state index contributed by atoms with van der Waals surface area (Å²) >= 11 is 0. The van der Waals surface area contributed by atoms with Crippen LogP contribution in [-0.4, -0.2) is 0 Å². The second-order valence-corrected chi connectivity index (χ2v) is 3.59. The van der Waals surface area contributed by atoms with Crippen LogP contribution >= 0.6 is 0 Å². The van der Waals surface area contributed by atoms with Gasteiger partial charge < -0.3 is 0 Å². The highest BCUT2D eigenvalue weighted by Gasteiger charge is 2.31. The Balaban J connectivity index is 2.77. The molecule has 1 aliphatic carbocycles. The molecule has 0 saturated heterocycles. The van der Waals surface area contributed by atoms with Crippen LogP contribution in [0.2, 0.25) is 0 Å². The minimum atomic E-state index is -1.70. The number of hydrogen-bond acceptors (Lipinski definition) is 0. The Morgan fingerprint density at radius 3 is 2.14 bits per heavy atom. The van der Waals surface area contributed by atoms with Crippen molar-refractivity contribution in [1.29, 1.82) is 0 Å². The SMILES string of the molecule is CC1CCc2c(F)c(F)c(F)c(F)c21. The van der Waals surface area contributed by atoms with Crippen LogP contribution in [-0.2, 0) is 6.42 Å². The van der Waals surface area contributed by atoms with Gasteiger partial charge in [-0.05, 0) is 24.3 Å². The Labute approximate surface area is 78.5 Å². The van der Waals surface area contributed by atoms with E-state index in [9.17, 15) is 17.6 Å². The van der Waals surface area contributed by atoms with E-state index in [4.69, 9.17) is 0 Å². The molecule has 4 heteroatoms. The van der Waals surface area contributed by atoms with Gasteiger partial charge in [-0.1, -0.05) is 6.92 Å². The molecule has 1 aromatic rings. The summed E-state index contributed by atoms with van der Waals surface area (Å²) in [5.74, 6) is -6.10. The van der Waals surface area contributed by atoms with Crippen molar-refractivity contribution in [3.8, 4) is 0 Å². The maximum atomic E-state index is 13.2. The monoisotopic (exact) mass is 204 g/mol. The molecule has 0 radical (unpaired) electrons. The van der Waals surface area contributed by atoms with E-state index in [2.05, 4.69) is 0 Å². The molecule has 0 bridgehead atoms. The largest absolute Gasteiger partial charge is 0.203 e. The second kappa shape index (κ2) is 2.97. The van der Waals surface area contributed by atoms with Gasteiger partial charge in [-0.15, -0.1) is 0 Å². The first-order valence-corrected chi connectivity index (χ1v) is 4.38. The summed E-state index contributed by atoms with van der Waals surface area (Å²) in [7, 11) is 0. The van der Waals surface area contributed by atoms with Gasteiger partial charge in [-0.2, -0.15) is 0 Å². The maximum Gasteiger partial charge on any atom is 0.197 e. The quantitative estimate of drug-likeness (QED) is 0.345. The smallest absolute Gasteiger partial charge is 0.197 e. The van der Waals surface area contributed by atoms with E-state index in [1.165, 1.54) is 0 Å². The zero-order valence-electron chi connectivity index (χ0n) is 7.50. The molecule has 1 aliphatic rings. The highest BCUT2D eigenvalue weighted by atomic mass is 19.2. The summed E-state index contributed by atoms with van der Waals surface area (Å²) in [4.78, 5) is 0. The lowest BCUT2D eigenvalue weighted by Crippen LogP contribution is -2.04. The highest BCUT2D eigenvalue weighted by molar-refractivity contribution is 5.38. The van der Waals surface area contributed by atoms with Gasteiger partial charge in [0.2, 0.25) is 0 Å². The second-order valence-electron chi connectivity index (χ2n) is 3.59. The van der Waals surface area contributed by atoms with Crippen molar-refractivity contribution >= 4 is 0 Å². The molecule has 1 aromatic carbocycles. The average molecular weight is 204 g/mol. The fourth-order valence-electron chi connectivity index (χ4n) is 1.96. The minimum absolute atomic E-state index is 0.00130. The summed E-state index contributed by atoms with van der Waals surface area (Å²) in [5.41, 5.74) is -0.00435. The van der Waals surface area contributed by atoms with E-state index in [1.807, 2.05) is 0 Å². The van der Waals surface area contributed by atoms with Crippen molar-refractivity contribution in [3.05, 3.63) is 34.4 Å². The van der Waals surface area contributed by atoms with Crippen LogP contribution in [0.5, 0.6) is 0 Å². The first kappa shape index (κ1) is 9.49. The van der Waals surface area contributed by atoms with Gasteiger partial charge in [0.1, 0.15) is 0 Å². The van der Waals surface area contributed by atoms with E-state index in [0.717, 1.165) is 0 Å². The normalized spacial score (nSPS) is 19.9.